The van der Waals surface area contributed by atoms with Gasteiger partial charge in [0, 0.05) is 10.8 Å². The number of aromatic hydroxyl groups is 1. The number of nitrogen functional groups attached to an aromatic ring is 1. The summed E-state index contributed by atoms with van der Waals surface area (Å²) in [5.74, 6) is -0.159. The van der Waals surface area contributed by atoms with Crippen LogP contribution >= 0.6 is 0 Å². The number of benzene rings is 3. The van der Waals surface area contributed by atoms with Gasteiger partial charge in [0.05, 0.1) is 17.5 Å². The fourth-order valence-electron chi connectivity index (χ4n) is 3.11. The molecule has 0 fully saturated rings. The van der Waals surface area contributed by atoms with Gasteiger partial charge in [0.15, 0.2) is 0 Å². The van der Waals surface area contributed by atoms with Gasteiger partial charge in [-0.25, -0.2) is 0 Å². The van der Waals surface area contributed by atoms with E-state index in [1.165, 1.54) is 6.08 Å². The van der Waals surface area contributed by atoms with Gasteiger partial charge >= 0.3 is 0 Å². The maximum Gasteiger partial charge on any atom is 0.248 e. The van der Waals surface area contributed by atoms with Gasteiger partial charge in [-0.1, -0.05) is 62.4 Å². The zero-order valence-corrected chi connectivity index (χ0v) is 15.9. The highest BCUT2D eigenvalue weighted by Crippen LogP contribution is 2.39. The Labute approximate surface area is 164 Å². The summed E-state index contributed by atoms with van der Waals surface area (Å²) in [5, 5.41) is 25.2. The Hall–Kier alpha value is -3.31. The van der Waals surface area contributed by atoms with Crippen molar-refractivity contribution in [1.29, 1.82) is 0 Å². The molecule has 0 unspecified atom stereocenters. The van der Waals surface area contributed by atoms with E-state index in [0.29, 0.717) is 22.3 Å². The van der Waals surface area contributed by atoms with Crippen LogP contribution in [0.5, 0.6) is 5.75 Å². The van der Waals surface area contributed by atoms with Crippen molar-refractivity contribution in [3.63, 3.8) is 0 Å². The summed E-state index contributed by atoms with van der Waals surface area (Å²) in [4.78, 5) is 12.3. The Balaban J connectivity index is 1.82. The second-order valence-electron chi connectivity index (χ2n) is 7.35. The van der Waals surface area contributed by atoms with Crippen molar-refractivity contribution in [3.05, 3.63) is 78.4 Å². The summed E-state index contributed by atoms with van der Waals surface area (Å²) in [7, 11) is 0. The summed E-state index contributed by atoms with van der Waals surface area (Å²) in [6, 6.07) is 17.7. The van der Waals surface area contributed by atoms with E-state index < -0.39 is 11.5 Å². The number of anilines is 2. The minimum Gasteiger partial charge on any atom is -0.507 e. The monoisotopic (exact) mass is 376 g/mol. The van der Waals surface area contributed by atoms with Crippen molar-refractivity contribution in [2.24, 2.45) is 5.41 Å². The predicted octanol–water partition coefficient (Wildman–Crippen LogP) is 4.38. The number of aliphatic hydroxyl groups excluding tert-OH is 1. The second kappa shape index (κ2) is 7.74. The predicted molar refractivity (Wildman–Crippen MR) is 113 cm³/mol. The van der Waals surface area contributed by atoms with Crippen molar-refractivity contribution in [2.75, 3.05) is 11.1 Å². The lowest BCUT2D eigenvalue weighted by Crippen LogP contribution is -2.21. The molecule has 5 heteroatoms. The molecule has 28 heavy (non-hydrogen) atoms. The quantitative estimate of drug-likeness (QED) is 0.392. The first-order valence-corrected chi connectivity index (χ1v) is 9.03. The van der Waals surface area contributed by atoms with Crippen LogP contribution in [0, 0.1) is 5.41 Å². The van der Waals surface area contributed by atoms with E-state index in [0.717, 1.165) is 5.39 Å². The van der Waals surface area contributed by atoms with E-state index in [1.807, 2.05) is 32.0 Å². The van der Waals surface area contributed by atoms with Crippen LogP contribution in [0.3, 0.4) is 0 Å². The smallest absolute Gasteiger partial charge is 0.248 e. The SMILES string of the molecule is CC(C)(/C=C/C(=O)Nc1ccccc1N)[C@@H](O)c1ccc(O)c2ccccc12. The maximum absolute atomic E-state index is 12.3. The number of aliphatic hydroxyl groups is 1. The lowest BCUT2D eigenvalue weighted by Gasteiger charge is -2.28. The van der Waals surface area contributed by atoms with E-state index in [4.69, 9.17) is 5.73 Å². The van der Waals surface area contributed by atoms with Gasteiger partial charge in [-0.3, -0.25) is 4.79 Å². The number of hydrogen-bond donors (Lipinski definition) is 4. The standard InChI is InChI=1S/C23H24N2O3/c1-23(2,14-13-21(27)25-19-10-6-5-9-18(19)24)22(28)17-11-12-20(26)16-8-4-3-7-15(16)17/h3-14,22,26,28H,24H2,1-2H3,(H,25,27)/b14-13+/t22-/m0/s1. The Morgan fingerprint density at radius 2 is 1.68 bits per heavy atom. The highest BCUT2D eigenvalue weighted by atomic mass is 16.3. The first kappa shape index (κ1) is 19.5. The molecule has 3 rings (SSSR count). The number of fused-ring (bicyclic) bond motifs is 1. The van der Waals surface area contributed by atoms with Crippen LogP contribution < -0.4 is 11.1 Å². The number of para-hydroxylation sites is 2. The van der Waals surface area contributed by atoms with Crippen LogP contribution in [-0.2, 0) is 4.79 Å². The third kappa shape index (κ3) is 4.00. The van der Waals surface area contributed by atoms with E-state index in [2.05, 4.69) is 5.32 Å². The summed E-state index contributed by atoms with van der Waals surface area (Å²) >= 11 is 0. The molecule has 0 spiro atoms. The second-order valence-corrected chi connectivity index (χ2v) is 7.35. The van der Waals surface area contributed by atoms with Crippen LogP contribution in [0.1, 0.15) is 25.5 Å². The number of nitrogens with two attached hydrogens (primary N) is 1. The Morgan fingerprint density at radius 1 is 1.04 bits per heavy atom. The first-order chi connectivity index (χ1) is 13.3. The number of carbonyl (C=O) groups excluding carboxylic acids is 1. The fraction of sp³-hybridized carbons (Fsp3) is 0.174. The van der Waals surface area contributed by atoms with Gasteiger partial charge in [-0.2, -0.15) is 0 Å². The van der Waals surface area contributed by atoms with Crippen LogP contribution in [-0.4, -0.2) is 16.1 Å². The van der Waals surface area contributed by atoms with Gasteiger partial charge in [-0.05, 0) is 35.2 Å². The molecule has 0 aromatic heterocycles. The van der Waals surface area contributed by atoms with Crippen molar-refractivity contribution in [2.45, 2.75) is 20.0 Å². The number of phenolic OH excluding ortho intramolecular Hbond substituents is 1. The number of rotatable bonds is 5. The minimum atomic E-state index is -0.871. The molecule has 0 saturated heterocycles. The van der Waals surface area contributed by atoms with Crippen LogP contribution in [0.4, 0.5) is 11.4 Å². The van der Waals surface area contributed by atoms with Gasteiger partial charge in [0.25, 0.3) is 0 Å². The molecule has 0 aliphatic carbocycles. The first-order valence-electron chi connectivity index (χ1n) is 9.03. The molecular weight excluding hydrogens is 352 g/mol. The molecule has 5 N–H and O–H groups in total. The number of hydrogen-bond acceptors (Lipinski definition) is 4. The molecular formula is C23H24N2O3. The number of phenols is 1. The molecule has 0 bridgehead atoms. The van der Waals surface area contributed by atoms with Crippen molar-refractivity contribution < 1.29 is 15.0 Å². The molecule has 5 nitrogen and oxygen atoms in total. The summed E-state index contributed by atoms with van der Waals surface area (Å²) < 4.78 is 0. The highest BCUT2D eigenvalue weighted by molar-refractivity contribution is 6.01. The van der Waals surface area contributed by atoms with E-state index in [1.54, 1.807) is 48.5 Å². The fourth-order valence-corrected chi connectivity index (χ4v) is 3.11. The number of nitrogens with one attached hydrogen (secondary N) is 1. The average Bonchev–Trinajstić information content (AvgIpc) is 2.68. The van der Waals surface area contributed by atoms with Gasteiger partial charge in [-0.15, -0.1) is 0 Å². The molecule has 1 atom stereocenters. The van der Waals surface area contributed by atoms with Gasteiger partial charge in [0.1, 0.15) is 5.75 Å². The number of amides is 1. The molecule has 0 radical (unpaired) electrons. The lowest BCUT2D eigenvalue weighted by molar-refractivity contribution is -0.112. The Morgan fingerprint density at radius 3 is 2.39 bits per heavy atom. The van der Waals surface area contributed by atoms with Gasteiger partial charge in [0.2, 0.25) is 5.91 Å². The lowest BCUT2D eigenvalue weighted by atomic mass is 9.80. The van der Waals surface area contributed by atoms with Gasteiger partial charge < -0.3 is 21.3 Å². The van der Waals surface area contributed by atoms with E-state index in [-0.39, 0.29) is 11.7 Å². The molecule has 0 saturated carbocycles. The summed E-state index contributed by atoms with van der Waals surface area (Å²) in [5.41, 5.74) is 6.84. The number of carbonyl (C=O) groups is 1. The zero-order valence-electron chi connectivity index (χ0n) is 15.9. The summed E-state index contributed by atoms with van der Waals surface area (Å²) in [6.07, 6.45) is 2.20. The third-order valence-electron chi connectivity index (χ3n) is 4.82. The molecule has 144 valence electrons. The normalized spacial score (nSPS) is 13.0. The molecule has 0 aliphatic heterocycles. The maximum atomic E-state index is 12.3. The van der Waals surface area contributed by atoms with Crippen LogP contribution in [0.25, 0.3) is 10.8 Å². The van der Waals surface area contributed by atoms with Crippen LogP contribution in [0.2, 0.25) is 0 Å². The Bertz CT molecular complexity index is 1040. The molecule has 1 amide bonds. The Kier molecular flexibility index (Phi) is 5.38. The molecule has 0 aliphatic rings. The minimum absolute atomic E-state index is 0.166. The average molecular weight is 376 g/mol. The van der Waals surface area contributed by atoms with E-state index in [9.17, 15) is 15.0 Å². The van der Waals surface area contributed by atoms with E-state index >= 15 is 0 Å². The zero-order chi connectivity index (χ0) is 20.3. The third-order valence-corrected chi connectivity index (χ3v) is 4.82. The molecule has 3 aromatic rings. The summed E-state index contributed by atoms with van der Waals surface area (Å²) in [6.45, 7) is 3.69. The van der Waals surface area contributed by atoms with Crippen LogP contribution in [0.15, 0.2) is 72.8 Å². The topological polar surface area (TPSA) is 95.6 Å². The highest BCUT2D eigenvalue weighted by Gasteiger charge is 2.28. The largest absolute Gasteiger partial charge is 0.507 e. The van der Waals surface area contributed by atoms with Crippen molar-refractivity contribution in [1.82, 2.24) is 0 Å². The molecule has 0 heterocycles. The van der Waals surface area contributed by atoms with Crippen molar-refractivity contribution >= 4 is 28.1 Å². The molecule has 3 aromatic carbocycles. The van der Waals surface area contributed by atoms with Crippen molar-refractivity contribution in [3.8, 4) is 5.75 Å².